The van der Waals surface area contributed by atoms with Gasteiger partial charge in [0.05, 0.1) is 50.5 Å². The number of fused-ring (bicyclic) bond motifs is 1. The zero-order valence-electron chi connectivity index (χ0n) is 28.0. The summed E-state index contributed by atoms with van der Waals surface area (Å²) >= 11 is 0.449. The van der Waals surface area contributed by atoms with Gasteiger partial charge in [-0.15, -0.1) is 9.45 Å². The molecule has 26 heteroatoms. The van der Waals surface area contributed by atoms with E-state index in [2.05, 4.69) is 39.6 Å². The van der Waals surface area contributed by atoms with Gasteiger partial charge in [-0.1, -0.05) is 6.07 Å². The Labute approximate surface area is 376 Å². The Morgan fingerprint density at radius 3 is 2.17 bits per heavy atom. The van der Waals surface area contributed by atoms with Crippen molar-refractivity contribution in [2.75, 3.05) is 23.0 Å². The fraction of sp³-hybridized carbons (Fsp3) is 0.111. The van der Waals surface area contributed by atoms with Crippen LogP contribution in [0.25, 0.3) is 10.8 Å². The molecule has 0 spiro atoms. The number of hydrogen-bond acceptors (Lipinski definition) is 19. The van der Waals surface area contributed by atoms with Crippen LogP contribution >= 0.6 is 24.4 Å². The van der Waals surface area contributed by atoms with E-state index in [9.17, 15) is 46.6 Å². The Bertz CT molecular complexity index is 2150. The van der Waals surface area contributed by atoms with Crippen LogP contribution in [-0.4, -0.2) is 50.7 Å². The summed E-state index contributed by atoms with van der Waals surface area (Å²) in [6.45, 7) is 0.788. The maximum Gasteiger partial charge on any atom is 1.00 e. The van der Waals surface area contributed by atoms with Crippen molar-refractivity contribution >= 4 is 89.7 Å². The standard InChI is InChI=1S/C27H24N4O15S4.3Na/c1-15(32)28-22-14-21(50(39,40)41)11-17-12-23(47-45-43-35)25(26(33)24(17)22)31-30-18-7-5-16(6-8-18)27(34)29-19-3-2-4-20(13-19)49(37,38)10-9-42-48-46-44-36;;;/h2-8,11-14,33,35-36H,9-10H2,1H3,(H,28,32)(H,29,34)(H,39,40,41);;;/q;3*+1/p-3. The molecule has 53 heavy (non-hydrogen) atoms. The van der Waals surface area contributed by atoms with Crippen molar-refractivity contribution in [2.45, 2.75) is 21.6 Å². The van der Waals surface area contributed by atoms with Crippen molar-refractivity contribution in [3.8, 4) is 5.75 Å². The van der Waals surface area contributed by atoms with Crippen LogP contribution in [0.4, 0.5) is 22.7 Å². The number of aromatic hydroxyl groups is 1. The average molecular weight is 839 g/mol. The van der Waals surface area contributed by atoms with E-state index in [0.29, 0.717) is 0 Å². The summed E-state index contributed by atoms with van der Waals surface area (Å²) in [5.74, 6) is -2.37. The average Bonchev–Trinajstić information content (AvgIpc) is 3.06. The number of rotatable bonds is 16. The van der Waals surface area contributed by atoms with Crippen LogP contribution in [0.1, 0.15) is 17.3 Å². The molecule has 266 valence electrons. The molecule has 4 rings (SSSR count). The fourth-order valence-corrected chi connectivity index (χ4v) is 6.66. The minimum Gasteiger partial charge on any atom is -0.744 e. The second-order valence-corrected chi connectivity index (χ2v) is 14.3. The molecule has 0 saturated heterocycles. The monoisotopic (exact) mass is 838 g/mol. The fourth-order valence-electron chi connectivity index (χ4n) is 4.19. The zero-order chi connectivity index (χ0) is 36.5. The summed E-state index contributed by atoms with van der Waals surface area (Å²) in [5.41, 5.74) is -0.0828. The minimum absolute atomic E-state index is 0. The first kappa shape index (κ1) is 49.8. The van der Waals surface area contributed by atoms with Crippen molar-refractivity contribution in [3.05, 3.63) is 72.3 Å². The summed E-state index contributed by atoms with van der Waals surface area (Å²) in [7, 11) is -8.84. The Balaban J connectivity index is 0.00000468. The molecule has 0 saturated carbocycles. The molecule has 0 aromatic heterocycles. The van der Waals surface area contributed by atoms with Crippen LogP contribution in [-0.2, 0) is 47.7 Å². The third kappa shape index (κ3) is 14.3. The maximum absolute atomic E-state index is 12.9. The third-order valence-corrected chi connectivity index (χ3v) is 9.74. The number of carbonyl (C=O) groups excluding carboxylic acids is 2. The van der Waals surface area contributed by atoms with E-state index in [4.69, 9.17) is 4.18 Å². The van der Waals surface area contributed by atoms with Gasteiger partial charge >= 0.3 is 88.7 Å². The molecule has 3 N–H and O–H groups in total. The second-order valence-electron chi connectivity index (χ2n) is 9.57. The van der Waals surface area contributed by atoms with Crippen LogP contribution in [0, 0.1) is 0 Å². The Morgan fingerprint density at radius 1 is 0.868 bits per heavy atom. The number of benzene rings is 4. The Hall–Kier alpha value is -1.24. The number of amides is 2. The van der Waals surface area contributed by atoms with Crippen LogP contribution in [0.2, 0.25) is 0 Å². The molecule has 0 unspecified atom stereocenters. The van der Waals surface area contributed by atoms with Gasteiger partial charge < -0.3 is 30.8 Å². The predicted octanol–water partition coefficient (Wildman–Crippen LogP) is -6.10. The molecule has 4 aromatic carbocycles. The van der Waals surface area contributed by atoms with E-state index in [0.717, 1.165) is 19.1 Å². The van der Waals surface area contributed by atoms with Gasteiger partial charge in [-0.05, 0) is 66.0 Å². The number of phenols is 1. The van der Waals surface area contributed by atoms with Gasteiger partial charge in [0.25, 0.3) is 5.91 Å². The van der Waals surface area contributed by atoms with E-state index >= 15 is 0 Å². The van der Waals surface area contributed by atoms with E-state index in [1.807, 2.05) is 0 Å². The topological polar surface area (TPSA) is 287 Å². The number of phenolic OH excluding ortho intramolecular Hbond substituents is 1. The van der Waals surface area contributed by atoms with E-state index in [1.54, 1.807) is 0 Å². The van der Waals surface area contributed by atoms with Gasteiger partial charge in [0.15, 0.2) is 27.9 Å². The number of carbonyl (C=O) groups is 2. The largest absolute Gasteiger partial charge is 1.00 e. The van der Waals surface area contributed by atoms with E-state index in [-0.39, 0.29) is 169 Å². The number of azo groups is 1. The third-order valence-electron chi connectivity index (χ3n) is 6.26. The molecule has 0 radical (unpaired) electrons. The molecule has 0 atom stereocenters. The number of anilines is 2. The van der Waals surface area contributed by atoms with Gasteiger partial charge in [0.1, 0.15) is 15.8 Å². The van der Waals surface area contributed by atoms with Gasteiger partial charge in [-0.2, -0.15) is 9.45 Å². The summed E-state index contributed by atoms with van der Waals surface area (Å²) in [5, 5.41) is 50.7. The number of hydrogen-bond donors (Lipinski definition) is 3. The number of nitrogens with zero attached hydrogens (tertiary/aromatic N) is 2. The van der Waals surface area contributed by atoms with Crippen molar-refractivity contribution < 1.29 is 158 Å². The molecule has 2 amide bonds. The van der Waals surface area contributed by atoms with Crippen LogP contribution < -0.4 is 110 Å². The molecule has 0 fully saturated rings. The van der Waals surface area contributed by atoms with Gasteiger partial charge in [0.2, 0.25) is 5.91 Å². The van der Waals surface area contributed by atoms with Crippen LogP contribution in [0.3, 0.4) is 0 Å². The molecule has 19 nitrogen and oxygen atoms in total. The Morgan fingerprint density at radius 2 is 1.55 bits per heavy atom. The van der Waals surface area contributed by atoms with Crippen molar-refractivity contribution in [1.82, 2.24) is 0 Å². The number of sulfone groups is 1. The van der Waals surface area contributed by atoms with Gasteiger partial charge in [-0.25, -0.2) is 16.8 Å². The summed E-state index contributed by atoms with van der Waals surface area (Å²) in [4.78, 5) is 23.8. The molecular weight excluding hydrogens is 818 g/mol. The predicted molar refractivity (Wildman–Crippen MR) is 169 cm³/mol. The van der Waals surface area contributed by atoms with Crippen molar-refractivity contribution in [2.24, 2.45) is 10.2 Å². The first-order valence-electron chi connectivity index (χ1n) is 13.3. The molecule has 0 bridgehead atoms. The first-order valence-corrected chi connectivity index (χ1v) is 17.8. The normalized spacial score (nSPS) is 11.3. The molecule has 0 aliphatic rings. The van der Waals surface area contributed by atoms with Crippen LogP contribution in [0.5, 0.6) is 5.75 Å². The van der Waals surface area contributed by atoms with Crippen molar-refractivity contribution in [1.29, 1.82) is 0 Å². The summed E-state index contributed by atoms with van der Waals surface area (Å²) < 4.78 is 73.3. The molecule has 4 aromatic rings. The van der Waals surface area contributed by atoms with E-state index < -0.39 is 48.2 Å². The molecular formula is C27H21N4Na3O15S4. The molecule has 0 heterocycles. The minimum atomic E-state index is -5.00. The summed E-state index contributed by atoms with van der Waals surface area (Å²) in [6.07, 6.45) is 0. The molecule has 0 aliphatic carbocycles. The quantitative estimate of drug-likeness (QED) is 0.0180. The first-order chi connectivity index (χ1) is 23.7. The zero-order valence-corrected chi connectivity index (χ0v) is 37.2. The van der Waals surface area contributed by atoms with E-state index in [1.165, 1.54) is 54.6 Å². The smallest absolute Gasteiger partial charge is 0.744 e. The maximum atomic E-state index is 12.9. The second kappa shape index (κ2) is 23.1. The number of nitrogens with one attached hydrogen (secondary N) is 2. The van der Waals surface area contributed by atoms with Gasteiger partial charge in [0, 0.05) is 23.6 Å². The summed E-state index contributed by atoms with van der Waals surface area (Å²) in [6, 6.07) is 14.0. The van der Waals surface area contributed by atoms with Crippen LogP contribution in [0.15, 0.2) is 91.6 Å². The van der Waals surface area contributed by atoms with Gasteiger partial charge in [-0.3, -0.25) is 23.8 Å². The van der Waals surface area contributed by atoms with Crippen molar-refractivity contribution in [3.63, 3.8) is 0 Å². The Kier molecular flexibility index (Phi) is 21.7. The SMILES string of the molecule is CC(=O)Nc1cc(S(=O)(=O)[O-])cc2cc(SOO[O-])c(N=Nc3ccc(C(=O)Nc4cccc(S(=O)(=O)CCOSOO[O-])c4)cc3)c(O)c12.[Na+].[Na+].[Na+]. The molecule has 0 aliphatic heterocycles.